The number of hydrogen-bond donors (Lipinski definition) is 0. The van der Waals surface area contributed by atoms with Crippen LogP contribution in [0.5, 0.6) is 17.2 Å². The highest BCUT2D eigenvalue weighted by Gasteiger charge is 2.34. The van der Waals surface area contributed by atoms with E-state index in [2.05, 4.69) is 0 Å². The smallest absolute Gasteiger partial charge is 0.363 e. The number of rotatable bonds is 22. The maximum absolute atomic E-state index is 14.6. The first-order chi connectivity index (χ1) is 27.8. The number of carbonyl (C=O) groups excluding carboxylic acids is 4. The second kappa shape index (κ2) is 20.4. The van der Waals surface area contributed by atoms with E-state index >= 15 is 0 Å². The molecule has 5 rings (SSSR count). The van der Waals surface area contributed by atoms with Crippen LogP contribution >= 0.6 is 0 Å². The topological polar surface area (TPSA) is 206 Å². The van der Waals surface area contributed by atoms with Gasteiger partial charge in [0, 0.05) is 51.4 Å². The molecule has 1 saturated heterocycles. The molecule has 0 aliphatic carbocycles. The van der Waals surface area contributed by atoms with Crippen LogP contribution < -0.4 is 18.8 Å². The molecule has 2 heterocycles. The summed E-state index contributed by atoms with van der Waals surface area (Å²) >= 11 is 0. The number of aromatic nitrogens is 1. The zero-order valence-corrected chi connectivity index (χ0v) is 33.6. The minimum atomic E-state index is -4.51. The predicted molar refractivity (Wildman–Crippen MR) is 205 cm³/mol. The van der Waals surface area contributed by atoms with Gasteiger partial charge >= 0.3 is 11.9 Å². The average molecular weight is 827 g/mol. The normalized spacial score (nSPS) is 13.1. The Bertz CT molecular complexity index is 2140. The average Bonchev–Trinajstić information content (AvgIpc) is 3.50. The molecule has 0 N–H and O–H groups in total. The summed E-state index contributed by atoms with van der Waals surface area (Å²) in [6, 6.07) is 13.0. The molecule has 58 heavy (non-hydrogen) atoms. The minimum absolute atomic E-state index is 0.00806. The first-order valence-corrected chi connectivity index (χ1v) is 20.1. The van der Waals surface area contributed by atoms with Crippen molar-refractivity contribution in [2.24, 2.45) is 0 Å². The van der Waals surface area contributed by atoms with Crippen molar-refractivity contribution in [1.29, 1.82) is 0 Å². The van der Waals surface area contributed by atoms with E-state index in [0.29, 0.717) is 75.9 Å². The lowest BCUT2D eigenvalue weighted by atomic mass is 10.0. The van der Waals surface area contributed by atoms with E-state index < -0.39 is 39.6 Å². The maximum atomic E-state index is 14.6. The van der Waals surface area contributed by atoms with Crippen LogP contribution in [-0.4, -0.2) is 115 Å². The maximum Gasteiger partial charge on any atom is 0.363 e. The number of fused-ring (bicyclic) bond motifs is 2. The van der Waals surface area contributed by atoms with Gasteiger partial charge in [0.15, 0.2) is 6.54 Å². The van der Waals surface area contributed by atoms with E-state index in [1.165, 1.54) is 12.1 Å². The summed E-state index contributed by atoms with van der Waals surface area (Å²) < 4.78 is 75.8. The molecule has 0 atom stereocenters. The molecular formula is C40H46N2O15S. The van der Waals surface area contributed by atoms with Crippen molar-refractivity contribution in [3.05, 3.63) is 70.8 Å². The number of imide groups is 1. The summed E-state index contributed by atoms with van der Waals surface area (Å²) in [7, 11) is -1.38. The number of pyridine rings is 1. The highest BCUT2D eigenvalue weighted by Crippen LogP contribution is 2.33. The Balaban J connectivity index is 1.56. The molecule has 18 heteroatoms. The number of amides is 2. The number of ether oxygens (including phenoxy) is 7. The van der Waals surface area contributed by atoms with Gasteiger partial charge in [0.1, 0.15) is 30.5 Å². The second-order valence-corrected chi connectivity index (χ2v) is 14.7. The van der Waals surface area contributed by atoms with Crippen LogP contribution in [0.2, 0.25) is 0 Å². The van der Waals surface area contributed by atoms with Gasteiger partial charge in [-0.15, -0.1) is 5.06 Å². The molecule has 0 unspecified atom stereocenters. The van der Waals surface area contributed by atoms with E-state index in [0.717, 1.165) is 0 Å². The van der Waals surface area contributed by atoms with Crippen molar-refractivity contribution < 1.29 is 74.7 Å². The molecule has 17 nitrogen and oxygen atoms in total. The Labute approximate surface area is 335 Å². The number of esters is 1. The quantitative estimate of drug-likeness (QED) is 0.0212. The van der Waals surface area contributed by atoms with E-state index in [4.69, 9.17) is 38.0 Å². The first kappa shape index (κ1) is 43.9. The summed E-state index contributed by atoms with van der Waals surface area (Å²) in [6.07, 6.45) is -0.124. The summed E-state index contributed by atoms with van der Waals surface area (Å²) in [6.45, 7) is 5.84. The van der Waals surface area contributed by atoms with E-state index in [9.17, 15) is 32.1 Å². The van der Waals surface area contributed by atoms with Crippen LogP contribution in [0, 0.1) is 13.8 Å². The fraction of sp³-hybridized carbons (Fsp3) is 0.425. The Hall–Kier alpha value is -5.24. The van der Waals surface area contributed by atoms with Gasteiger partial charge in [0.25, 0.3) is 11.8 Å². The van der Waals surface area contributed by atoms with E-state index in [1.807, 2.05) is 4.57 Å². The molecular weight excluding hydrogens is 781 g/mol. The highest BCUT2D eigenvalue weighted by atomic mass is 32.2. The van der Waals surface area contributed by atoms with Crippen molar-refractivity contribution >= 4 is 55.7 Å². The van der Waals surface area contributed by atoms with Crippen molar-refractivity contribution in [3.63, 3.8) is 0 Å². The number of nitrogens with zero attached hydrogens (tertiary/aromatic N) is 2. The van der Waals surface area contributed by atoms with Crippen molar-refractivity contribution in [1.82, 2.24) is 5.06 Å². The van der Waals surface area contributed by atoms with Crippen molar-refractivity contribution in [2.45, 2.75) is 39.7 Å². The summed E-state index contributed by atoms with van der Waals surface area (Å²) in [5, 5.41) is 1.23. The zero-order valence-electron chi connectivity index (χ0n) is 32.7. The number of carbonyl (C=O) groups is 4. The number of methoxy groups -OCH3 is 2. The fourth-order valence-electron chi connectivity index (χ4n) is 6.31. The standard InChI is InChI=1S/C40H46N2O15S/c1-26-22-28(39(45)57-42-35(43)10-11-36(42)44)23-27(2)38(26)56-40(46)37-31-24-29(54-19-17-52-15-13-50-3)6-8-33(31)41(12-5-21-58(47,48)49)34-9-7-30(25-32(34)37)55-20-18-53-16-14-51-4/h6-9,22-25H,5,10-21H2,1-4H3. The highest BCUT2D eigenvalue weighted by molar-refractivity contribution is 7.85. The summed E-state index contributed by atoms with van der Waals surface area (Å²) in [5.74, 6) is -2.61. The monoisotopic (exact) mass is 826 g/mol. The Kier molecular flexibility index (Phi) is 15.5. The lowest BCUT2D eigenvalue weighted by Crippen LogP contribution is -2.37. The van der Waals surface area contributed by atoms with Crippen LogP contribution in [0.4, 0.5) is 0 Å². The Morgan fingerprint density at radius 2 is 1.22 bits per heavy atom. The lowest BCUT2D eigenvalue weighted by Gasteiger charge is -2.17. The molecule has 4 aromatic rings. The largest absolute Gasteiger partial charge is 0.748 e. The van der Waals surface area contributed by atoms with Crippen molar-refractivity contribution in [3.8, 4) is 17.2 Å². The van der Waals surface area contributed by atoms with Gasteiger partial charge < -0.3 is 42.5 Å². The third-order valence-corrected chi connectivity index (χ3v) is 9.75. The molecule has 0 bridgehead atoms. The van der Waals surface area contributed by atoms with Crippen LogP contribution in [0.15, 0.2) is 48.5 Å². The number of aryl methyl sites for hydroxylation is 3. The third kappa shape index (κ3) is 11.5. The van der Waals surface area contributed by atoms with Crippen LogP contribution in [-0.2, 0) is 50.0 Å². The fourth-order valence-corrected chi connectivity index (χ4v) is 6.79. The molecule has 1 aliphatic rings. The number of benzene rings is 3. The van der Waals surface area contributed by atoms with Crippen LogP contribution in [0.3, 0.4) is 0 Å². The molecule has 0 radical (unpaired) electrons. The molecule has 1 aliphatic heterocycles. The van der Waals surface area contributed by atoms with Gasteiger partial charge in [-0.3, -0.25) is 9.59 Å². The van der Waals surface area contributed by atoms with Gasteiger partial charge in [-0.1, -0.05) is 0 Å². The molecule has 0 spiro atoms. The molecule has 1 aromatic heterocycles. The van der Waals surface area contributed by atoms with Crippen LogP contribution in [0.1, 0.15) is 51.1 Å². The number of hydroxylamine groups is 2. The molecule has 312 valence electrons. The predicted octanol–water partition coefficient (Wildman–Crippen LogP) is 3.36. The number of hydrogen-bond acceptors (Lipinski definition) is 15. The van der Waals surface area contributed by atoms with E-state index in [1.54, 1.807) is 64.5 Å². The molecule has 2 amide bonds. The first-order valence-electron chi connectivity index (χ1n) is 18.5. The van der Waals surface area contributed by atoms with Crippen LogP contribution in [0.25, 0.3) is 21.8 Å². The van der Waals surface area contributed by atoms with Gasteiger partial charge in [0.2, 0.25) is 11.0 Å². The molecule has 3 aromatic carbocycles. The Morgan fingerprint density at radius 1 is 0.724 bits per heavy atom. The Morgan fingerprint density at radius 3 is 1.71 bits per heavy atom. The van der Waals surface area contributed by atoms with Gasteiger partial charge in [0.05, 0.1) is 71.7 Å². The van der Waals surface area contributed by atoms with Gasteiger partial charge in [-0.2, -0.15) is 4.57 Å². The van der Waals surface area contributed by atoms with Gasteiger partial charge in [-0.05, 0) is 61.4 Å². The zero-order chi connectivity index (χ0) is 41.8. The molecule has 0 saturated carbocycles. The minimum Gasteiger partial charge on any atom is -0.748 e. The lowest BCUT2D eigenvalue weighted by molar-refractivity contribution is -0.645. The molecule has 1 fully saturated rings. The third-order valence-electron chi connectivity index (χ3n) is 8.96. The SMILES string of the molecule is COCCOCCOc1ccc2c(c1)c(C(=O)Oc1c(C)cc(C(=O)ON3C(=O)CCC3=O)cc1C)c1cc(OCCOCCOC)ccc1[n+]2CCCS(=O)(=O)[O-]. The summed E-state index contributed by atoms with van der Waals surface area (Å²) in [4.78, 5) is 56.7. The van der Waals surface area contributed by atoms with E-state index in [-0.39, 0.29) is 69.1 Å². The van der Waals surface area contributed by atoms with Gasteiger partial charge in [-0.25, -0.2) is 18.0 Å². The second-order valence-electron chi connectivity index (χ2n) is 13.2. The summed E-state index contributed by atoms with van der Waals surface area (Å²) in [5.41, 5.74) is 1.95. The van der Waals surface area contributed by atoms with Crippen molar-refractivity contribution in [2.75, 3.05) is 72.8 Å².